The fourth-order valence-electron chi connectivity index (χ4n) is 0.693. The molecule has 0 aromatic carbocycles. The average molecular weight is 133 g/mol. The first-order chi connectivity index (χ1) is 3.75. The highest BCUT2D eigenvalue weighted by atomic mass is 31.0. The quantitative estimate of drug-likeness (QED) is 0.393. The normalized spacial score (nSPS) is 36.0. The van der Waals surface area contributed by atoms with E-state index in [4.69, 9.17) is 4.52 Å². The summed E-state index contributed by atoms with van der Waals surface area (Å²) in [7, 11) is 2.08. The summed E-state index contributed by atoms with van der Waals surface area (Å²) in [6, 6.07) is 0.181. The Morgan fingerprint density at radius 1 is 1.88 bits per heavy atom. The second-order valence-electron chi connectivity index (χ2n) is 1.85. The van der Waals surface area contributed by atoms with Crippen LogP contribution < -0.4 is 5.32 Å². The standard InChI is InChI=1S/C4H8NO2P/c1-2-3(7-8)4(6)5-2/h2-3H,8H2,1H3,(H,5,6)/t2-,3?/m0/s1. The third kappa shape index (κ3) is 0.721. The van der Waals surface area contributed by atoms with Gasteiger partial charge in [0.2, 0.25) is 0 Å². The number of hydrogen-bond acceptors (Lipinski definition) is 2. The zero-order chi connectivity index (χ0) is 6.15. The predicted molar refractivity (Wildman–Crippen MR) is 32.2 cm³/mol. The van der Waals surface area contributed by atoms with Gasteiger partial charge < -0.3 is 9.84 Å². The van der Waals surface area contributed by atoms with Crippen molar-refractivity contribution in [2.75, 3.05) is 0 Å². The maximum Gasteiger partial charge on any atom is 0.251 e. The molecule has 1 amide bonds. The van der Waals surface area contributed by atoms with Gasteiger partial charge in [-0.15, -0.1) is 0 Å². The van der Waals surface area contributed by atoms with Crippen LogP contribution in [-0.4, -0.2) is 18.1 Å². The van der Waals surface area contributed by atoms with Crippen molar-refractivity contribution in [3.8, 4) is 0 Å². The first kappa shape index (κ1) is 5.99. The van der Waals surface area contributed by atoms with Gasteiger partial charge in [-0.1, -0.05) is 0 Å². The molecule has 46 valence electrons. The van der Waals surface area contributed by atoms with E-state index in [1.165, 1.54) is 0 Å². The van der Waals surface area contributed by atoms with E-state index in [9.17, 15) is 4.79 Å². The lowest BCUT2D eigenvalue weighted by Crippen LogP contribution is -2.60. The van der Waals surface area contributed by atoms with Gasteiger partial charge in [-0.3, -0.25) is 4.79 Å². The van der Waals surface area contributed by atoms with Gasteiger partial charge in [0, 0.05) is 9.47 Å². The highest BCUT2D eigenvalue weighted by Crippen LogP contribution is 2.11. The first-order valence-electron chi connectivity index (χ1n) is 2.41. The van der Waals surface area contributed by atoms with Crippen LogP contribution in [0.25, 0.3) is 0 Å². The van der Waals surface area contributed by atoms with E-state index >= 15 is 0 Å². The average Bonchev–Trinajstić information content (AvgIpc) is 1.67. The van der Waals surface area contributed by atoms with Crippen molar-refractivity contribution < 1.29 is 9.32 Å². The number of β-lactam (4-membered cyclic amide) rings is 1. The summed E-state index contributed by atoms with van der Waals surface area (Å²) in [5.74, 6) is -0.0208. The van der Waals surface area contributed by atoms with Crippen molar-refractivity contribution in [2.24, 2.45) is 0 Å². The van der Waals surface area contributed by atoms with Crippen LogP contribution in [0.15, 0.2) is 0 Å². The monoisotopic (exact) mass is 133 g/mol. The summed E-state index contributed by atoms with van der Waals surface area (Å²) < 4.78 is 4.72. The highest BCUT2D eigenvalue weighted by Gasteiger charge is 2.35. The molecular weight excluding hydrogens is 125 g/mol. The van der Waals surface area contributed by atoms with Crippen molar-refractivity contribution in [1.29, 1.82) is 0 Å². The lowest BCUT2D eigenvalue weighted by molar-refractivity contribution is -0.138. The fourth-order valence-corrected chi connectivity index (χ4v) is 1.05. The third-order valence-electron chi connectivity index (χ3n) is 1.23. The van der Waals surface area contributed by atoms with E-state index in [0.717, 1.165) is 0 Å². The smallest absolute Gasteiger partial charge is 0.251 e. The van der Waals surface area contributed by atoms with E-state index in [0.29, 0.717) is 0 Å². The lowest BCUT2D eigenvalue weighted by Gasteiger charge is -2.31. The molecule has 1 heterocycles. The Balaban J connectivity index is 2.40. The van der Waals surface area contributed by atoms with Gasteiger partial charge in [0.25, 0.3) is 5.91 Å². The molecule has 1 fully saturated rings. The summed E-state index contributed by atoms with van der Waals surface area (Å²) in [5.41, 5.74) is 0. The second kappa shape index (κ2) is 2.00. The van der Waals surface area contributed by atoms with Crippen molar-refractivity contribution in [1.82, 2.24) is 5.32 Å². The zero-order valence-corrected chi connectivity index (χ0v) is 5.70. The molecule has 0 bridgehead atoms. The lowest BCUT2D eigenvalue weighted by atomic mass is 10.1. The maximum atomic E-state index is 10.4. The molecule has 1 aliphatic rings. The Bertz CT molecular complexity index is 117. The molecule has 0 spiro atoms. The molecule has 1 N–H and O–H groups in total. The molecule has 0 aromatic rings. The number of carbonyl (C=O) groups is 1. The number of amides is 1. The Morgan fingerprint density at radius 2 is 2.50 bits per heavy atom. The van der Waals surface area contributed by atoms with Crippen LogP contribution in [0.2, 0.25) is 0 Å². The van der Waals surface area contributed by atoms with Gasteiger partial charge in [-0.2, -0.15) is 0 Å². The van der Waals surface area contributed by atoms with Gasteiger partial charge in [0.1, 0.15) is 0 Å². The predicted octanol–water partition coefficient (Wildman–Crippen LogP) is -0.320. The van der Waals surface area contributed by atoms with Crippen LogP contribution in [0.4, 0.5) is 0 Å². The van der Waals surface area contributed by atoms with Crippen molar-refractivity contribution >= 4 is 15.4 Å². The molecule has 3 atom stereocenters. The van der Waals surface area contributed by atoms with Crippen molar-refractivity contribution in [3.05, 3.63) is 0 Å². The summed E-state index contributed by atoms with van der Waals surface area (Å²) in [6.07, 6.45) is -0.236. The molecule has 0 aromatic heterocycles. The number of carbonyl (C=O) groups excluding carboxylic acids is 1. The zero-order valence-electron chi connectivity index (χ0n) is 4.55. The molecule has 4 heteroatoms. The van der Waals surface area contributed by atoms with Gasteiger partial charge >= 0.3 is 0 Å². The first-order valence-corrected chi connectivity index (χ1v) is 2.88. The molecule has 0 aliphatic carbocycles. The van der Waals surface area contributed by atoms with Crippen LogP contribution in [0.3, 0.4) is 0 Å². The molecule has 1 rings (SSSR count). The minimum atomic E-state index is -0.236. The van der Waals surface area contributed by atoms with Crippen molar-refractivity contribution in [3.63, 3.8) is 0 Å². The molecule has 8 heavy (non-hydrogen) atoms. The highest BCUT2D eigenvalue weighted by molar-refractivity contribution is 7.09. The molecule has 0 saturated carbocycles. The van der Waals surface area contributed by atoms with Gasteiger partial charge in [-0.05, 0) is 6.92 Å². The van der Waals surface area contributed by atoms with Crippen LogP contribution in [0.1, 0.15) is 6.92 Å². The van der Waals surface area contributed by atoms with Crippen LogP contribution in [-0.2, 0) is 9.32 Å². The maximum absolute atomic E-state index is 10.4. The SMILES string of the molecule is C[C@@H]1NC(=O)C1OP. The Morgan fingerprint density at radius 3 is 2.62 bits per heavy atom. The second-order valence-corrected chi connectivity index (χ2v) is 2.13. The number of rotatable bonds is 1. The summed E-state index contributed by atoms with van der Waals surface area (Å²) in [5, 5.41) is 2.63. The summed E-state index contributed by atoms with van der Waals surface area (Å²) >= 11 is 0. The van der Waals surface area contributed by atoms with E-state index < -0.39 is 0 Å². The minimum absolute atomic E-state index is 0.0208. The number of hydrogen-bond donors (Lipinski definition) is 1. The van der Waals surface area contributed by atoms with E-state index in [-0.39, 0.29) is 18.1 Å². The van der Waals surface area contributed by atoms with E-state index in [1.807, 2.05) is 6.92 Å². The molecule has 2 unspecified atom stereocenters. The molecule has 1 saturated heterocycles. The molecule has 3 nitrogen and oxygen atoms in total. The van der Waals surface area contributed by atoms with E-state index in [2.05, 4.69) is 14.8 Å². The van der Waals surface area contributed by atoms with Crippen LogP contribution in [0.5, 0.6) is 0 Å². The Kier molecular flexibility index (Phi) is 1.49. The van der Waals surface area contributed by atoms with Gasteiger partial charge in [0.05, 0.1) is 6.04 Å². The summed E-state index contributed by atoms with van der Waals surface area (Å²) in [4.78, 5) is 10.4. The summed E-state index contributed by atoms with van der Waals surface area (Å²) in [6.45, 7) is 1.90. The molecule has 1 aliphatic heterocycles. The van der Waals surface area contributed by atoms with Crippen LogP contribution in [0, 0.1) is 0 Å². The largest absolute Gasteiger partial charge is 0.350 e. The van der Waals surface area contributed by atoms with Crippen molar-refractivity contribution in [2.45, 2.75) is 19.1 Å². The third-order valence-corrected chi connectivity index (χ3v) is 1.52. The fraction of sp³-hybridized carbons (Fsp3) is 0.750. The molecule has 0 radical (unpaired) electrons. The Labute approximate surface area is 50.1 Å². The van der Waals surface area contributed by atoms with Gasteiger partial charge in [-0.25, -0.2) is 0 Å². The Hall–Kier alpha value is -0.140. The number of nitrogens with one attached hydrogen (secondary N) is 1. The minimum Gasteiger partial charge on any atom is -0.350 e. The molecular formula is C4H8NO2P. The van der Waals surface area contributed by atoms with Gasteiger partial charge in [0.15, 0.2) is 6.10 Å². The van der Waals surface area contributed by atoms with E-state index in [1.54, 1.807) is 0 Å². The van der Waals surface area contributed by atoms with Crippen LogP contribution >= 0.6 is 9.47 Å². The topological polar surface area (TPSA) is 38.3 Å².